The van der Waals surface area contributed by atoms with Gasteiger partial charge in [0.2, 0.25) is 0 Å². The van der Waals surface area contributed by atoms with Gasteiger partial charge in [0.1, 0.15) is 0 Å². The van der Waals surface area contributed by atoms with Crippen molar-refractivity contribution in [3.8, 4) is 0 Å². The molecule has 1 amide bonds. The van der Waals surface area contributed by atoms with E-state index in [9.17, 15) is 13.2 Å². The fourth-order valence-electron chi connectivity index (χ4n) is 3.25. The molecule has 0 unspecified atom stereocenters. The Morgan fingerprint density at radius 3 is 2.46 bits per heavy atom. The number of rotatable bonds is 7. The largest absolute Gasteiger partial charge is 0.340 e. The van der Waals surface area contributed by atoms with Crippen molar-refractivity contribution in [2.75, 3.05) is 37.9 Å². The Balaban J connectivity index is 1.69. The molecule has 1 N–H and O–H groups in total. The molecule has 1 fully saturated rings. The quantitative estimate of drug-likeness (QED) is 0.774. The number of amides is 1. The zero-order valence-electron chi connectivity index (χ0n) is 16.4. The van der Waals surface area contributed by atoms with E-state index in [0.717, 1.165) is 25.2 Å². The van der Waals surface area contributed by atoms with Crippen molar-refractivity contribution in [3.05, 3.63) is 59.7 Å². The van der Waals surface area contributed by atoms with Crippen molar-refractivity contribution < 1.29 is 13.2 Å². The number of sulfonamides is 1. The molecule has 7 heteroatoms. The second-order valence-electron chi connectivity index (χ2n) is 7.27. The van der Waals surface area contributed by atoms with Crippen LogP contribution in [0.5, 0.6) is 0 Å². The lowest BCUT2D eigenvalue weighted by molar-refractivity contribution is 0.0782. The highest BCUT2D eigenvalue weighted by Crippen LogP contribution is 2.18. The van der Waals surface area contributed by atoms with Gasteiger partial charge in [-0.05, 0) is 63.2 Å². The smallest absolute Gasteiger partial charge is 0.261 e. The number of anilines is 1. The fourth-order valence-corrected chi connectivity index (χ4v) is 4.36. The number of aryl methyl sites for hydroxylation is 1. The van der Waals surface area contributed by atoms with E-state index >= 15 is 0 Å². The van der Waals surface area contributed by atoms with Crippen LogP contribution in [0.15, 0.2) is 53.4 Å². The van der Waals surface area contributed by atoms with Gasteiger partial charge in [0.25, 0.3) is 15.9 Å². The summed E-state index contributed by atoms with van der Waals surface area (Å²) < 4.78 is 27.9. The van der Waals surface area contributed by atoms with E-state index in [0.29, 0.717) is 17.8 Å². The van der Waals surface area contributed by atoms with E-state index < -0.39 is 10.0 Å². The summed E-state index contributed by atoms with van der Waals surface area (Å²) in [6, 6.07) is 13.3. The molecule has 150 valence electrons. The third-order valence-electron chi connectivity index (χ3n) is 4.99. The number of likely N-dealkylation sites (tertiary alicyclic amines) is 1. The third-order valence-corrected chi connectivity index (χ3v) is 6.37. The van der Waals surface area contributed by atoms with E-state index in [-0.39, 0.29) is 10.8 Å². The Hall–Kier alpha value is -2.38. The first kappa shape index (κ1) is 20.4. The van der Waals surface area contributed by atoms with Crippen molar-refractivity contribution in [2.24, 2.45) is 0 Å². The molecule has 0 saturated carbocycles. The Labute approximate surface area is 167 Å². The standard InChI is InChI=1S/C21H27N3O3S/c1-17-8-10-19(11-9-17)22-28(26,27)20-7-5-6-18(16-20)21(25)23(2)14-15-24-12-3-4-13-24/h5-11,16,22H,3-4,12-15H2,1-2H3. The number of likely N-dealkylation sites (N-methyl/N-ethyl adjacent to an activating group) is 1. The second-order valence-corrected chi connectivity index (χ2v) is 8.96. The highest BCUT2D eigenvalue weighted by Gasteiger charge is 2.19. The molecule has 1 aliphatic rings. The zero-order valence-corrected chi connectivity index (χ0v) is 17.2. The molecule has 2 aromatic rings. The summed E-state index contributed by atoms with van der Waals surface area (Å²) in [6.45, 7) is 5.57. The molecule has 1 saturated heterocycles. The number of hydrogen-bond acceptors (Lipinski definition) is 4. The van der Waals surface area contributed by atoms with Crippen LogP contribution in [0.4, 0.5) is 5.69 Å². The van der Waals surface area contributed by atoms with Crippen molar-refractivity contribution >= 4 is 21.6 Å². The van der Waals surface area contributed by atoms with Gasteiger partial charge in [-0.3, -0.25) is 9.52 Å². The maximum absolute atomic E-state index is 12.7. The van der Waals surface area contributed by atoms with Gasteiger partial charge in [0.05, 0.1) is 4.90 Å². The number of carbonyl (C=O) groups excluding carboxylic acids is 1. The van der Waals surface area contributed by atoms with Gasteiger partial charge in [0.15, 0.2) is 0 Å². The predicted octanol–water partition coefficient (Wildman–Crippen LogP) is 2.96. The van der Waals surface area contributed by atoms with Crippen molar-refractivity contribution in [1.29, 1.82) is 0 Å². The van der Waals surface area contributed by atoms with E-state index in [2.05, 4.69) is 9.62 Å². The molecule has 1 aliphatic heterocycles. The van der Waals surface area contributed by atoms with Crippen molar-refractivity contribution in [2.45, 2.75) is 24.7 Å². The molecule has 6 nitrogen and oxygen atoms in total. The molecule has 3 rings (SSSR count). The number of nitrogens with one attached hydrogen (secondary N) is 1. The zero-order chi connectivity index (χ0) is 20.1. The summed E-state index contributed by atoms with van der Waals surface area (Å²) in [6.07, 6.45) is 2.43. The maximum Gasteiger partial charge on any atom is 0.261 e. The lowest BCUT2D eigenvalue weighted by atomic mass is 10.2. The van der Waals surface area contributed by atoms with E-state index in [1.54, 1.807) is 36.2 Å². The van der Waals surface area contributed by atoms with Crippen LogP contribution in [0.3, 0.4) is 0 Å². The minimum absolute atomic E-state index is 0.0758. The summed E-state index contributed by atoms with van der Waals surface area (Å²) in [4.78, 5) is 16.8. The average molecular weight is 402 g/mol. The topological polar surface area (TPSA) is 69.7 Å². The highest BCUT2D eigenvalue weighted by atomic mass is 32.2. The number of hydrogen-bond donors (Lipinski definition) is 1. The lowest BCUT2D eigenvalue weighted by Gasteiger charge is -2.21. The first-order chi connectivity index (χ1) is 13.3. The normalized spacial score (nSPS) is 14.8. The summed E-state index contributed by atoms with van der Waals surface area (Å²) in [7, 11) is -2.01. The Bertz CT molecular complexity index is 920. The number of nitrogens with zero attached hydrogens (tertiary/aromatic N) is 2. The molecule has 2 aromatic carbocycles. The minimum atomic E-state index is -3.76. The van der Waals surface area contributed by atoms with Crippen LogP contribution in [-0.2, 0) is 10.0 Å². The SMILES string of the molecule is Cc1ccc(NS(=O)(=O)c2cccc(C(=O)N(C)CCN3CCCC3)c2)cc1. The summed E-state index contributed by atoms with van der Waals surface area (Å²) in [5.41, 5.74) is 1.91. The van der Waals surface area contributed by atoms with Crippen LogP contribution in [-0.4, -0.2) is 57.4 Å². The molecule has 28 heavy (non-hydrogen) atoms. The first-order valence-electron chi connectivity index (χ1n) is 9.52. The summed E-state index contributed by atoms with van der Waals surface area (Å²) in [5, 5.41) is 0. The minimum Gasteiger partial charge on any atom is -0.340 e. The van der Waals surface area contributed by atoms with E-state index in [1.165, 1.54) is 25.0 Å². The molecular weight excluding hydrogens is 374 g/mol. The van der Waals surface area contributed by atoms with E-state index in [1.807, 2.05) is 19.1 Å². The Morgan fingerprint density at radius 1 is 1.11 bits per heavy atom. The van der Waals surface area contributed by atoms with Gasteiger partial charge >= 0.3 is 0 Å². The molecule has 0 spiro atoms. The van der Waals surface area contributed by atoms with Crippen molar-refractivity contribution in [3.63, 3.8) is 0 Å². The van der Waals surface area contributed by atoms with Crippen LogP contribution in [0.2, 0.25) is 0 Å². The van der Waals surface area contributed by atoms with Gasteiger partial charge in [-0.15, -0.1) is 0 Å². The number of carbonyl (C=O) groups is 1. The lowest BCUT2D eigenvalue weighted by Crippen LogP contribution is -2.35. The monoisotopic (exact) mass is 401 g/mol. The summed E-state index contributed by atoms with van der Waals surface area (Å²) >= 11 is 0. The summed E-state index contributed by atoms with van der Waals surface area (Å²) in [5.74, 6) is -0.174. The van der Waals surface area contributed by atoms with E-state index in [4.69, 9.17) is 0 Å². The average Bonchev–Trinajstić information content (AvgIpc) is 3.21. The molecule has 0 atom stereocenters. The van der Waals surface area contributed by atoms with Gasteiger partial charge in [-0.25, -0.2) is 8.42 Å². The van der Waals surface area contributed by atoms with Gasteiger partial charge < -0.3 is 9.80 Å². The van der Waals surface area contributed by atoms with Crippen LogP contribution < -0.4 is 4.72 Å². The Kier molecular flexibility index (Phi) is 6.36. The van der Waals surface area contributed by atoms with Crippen LogP contribution in [0, 0.1) is 6.92 Å². The van der Waals surface area contributed by atoms with Gasteiger partial charge in [-0.2, -0.15) is 0 Å². The Morgan fingerprint density at radius 2 is 1.79 bits per heavy atom. The second kappa shape index (κ2) is 8.75. The van der Waals surface area contributed by atoms with Crippen molar-refractivity contribution in [1.82, 2.24) is 9.80 Å². The molecule has 0 aromatic heterocycles. The first-order valence-corrected chi connectivity index (χ1v) is 11.0. The maximum atomic E-state index is 12.7. The molecule has 0 bridgehead atoms. The van der Waals surface area contributed by atoms with Gasteiger partial charge in [-0.1, -0.05) is 23.8 Å². The third kappa shape index (κ3) is 5.11. The molecule has 0 radical (unpaired) electrons. The molecular formula is C21H27N3O3S. The van der Waals surface area contributed by atoms with Gasteiger partial charge in [0, 0.05) is 31.4 Å². The fraction of sp³-hybridized carbons (Fsp3) is 0.381. The molecule has 1 heterocycles. The van der Waals surface area contributed by atoms with Crippen LogP contribution in [0.1, 0.15) is 28.8 Å². The van der Waals surface area contributed by atoms with Crippen LogP contribution >= 0.6 is 0 Å². The van der Waals surface area contributed by atoms with Crippen LogP contribution in [0.25, 0.3) is 0 Å². The number of benzene rings is 2. The molecule has 0 aliphatic carbocycles. The predicted molar refractivity (Wildman–Crippen MR) is 111 cm³/mol. The highest BCUT2D eigenvalue weighted by molar-refractivity contribution is 7.92.